The van der Waals surface area contributed by atoms with Gasteiger partial charge < -0.3 is 15.5 Å². The highest BCUT2D eigenvalue weighted by molar-refractivity contribution is 7.80. The molecule has 5 heteroatoms. The minimum Gasteiger partial charge on any atom is -0.389 e. The van der Waals surface area contributed by atoms with Crippen LogP contribution in [0.15, 0.2) is 18.2 Å². The van der Waals surface area contributed by atoms with Gasteiger partial charge in [-0.1, -0.05) is 12.2 Å². The van der Waals surface area contributed by atoms with Gasteiger partial charge in [0.1, 0.15) is 10.8 Å². The second-order valence-corrected chi connectivity index (χ2v) is 5.37. The normalized spacial score (nSPS) is 12.5. The first-order chi connectivity index (χ1) is 8.86. The van der Waals surface area contributed by atoms with E-state index >= 15 is 0 Å². The molecular formula is C14H22FN3S. The predicted molar refractivity (Wildman–Crippen MR) is 83.3 cm³/mol. The Kier molecular flexibility index (Phi) is 5.69. The largest absolute Gasteiger partial charge is 0.389 e. The molecule has 0 aliphatic carbocycles. The second-order valence-electron chi connectivity index (χ2n) is 4.93. The number of likely N-dealkylation sites (N-methyl/N-ethyl adjacent to an activating group) is 2. The van der Waals surface area contributed by atoms with Crippen LogP contribution in [0.2, 0.25) is 0 Å². The summed E-state index contributed by atoms with van der Waals surface area (Å²) in [6, 6.07) is 5.32. The molecule has 1 aromatic carbocycles. The highest BCUT2D eigenvalue weighted by Gasteiger charge is 2.15. The molecule has 1 atom stereocenters. The lowest BCUT2D eigenvalue weighted by Gasteiger charge is -2.32. The van der Waals surface area contributed by atoms with E-state index < -0.39 is 0 Å². The van der Waals surface area contributed by atoms with Crippen LogP contribution in [0, 0.1) is 5.82 Å². The summed E-state index contributed by atoms with van der Waals surface area (Å²) >= 11 is 4.81. The van der Waals surface area contributed by atoms with Crippen molar-refractivity contribution < 1.29 is 4.39 Å². The molecule has 0 amide bonds. The molecule has 1 unspecified atom stereocenters. The van der Waals surface area contributed by atoms with Crippen molar-refractivity contribution in [3.63, 3.8) is 0 Å². The van der Waals surface area contributed by atoms with Crippen LogP contribution in [0.1, 0.15) is 19.4 Å². The Balaban J connectivity index is 2.99. The first-order valence-electron chi connectivity index (χ1n) is 6.37. The third kappa shape index (κ3) is 4.14. The van der Waals surface area contributed by atoms with Gasteiger partial charge in [0, 0.05) is 30.4 Å². The number of rotatable bonds is 6. The Morgan fingerprint density at radius 3 is 2.47 bits per heavy atom. The van der Waals surface area contributed by atoms with Crippen molar-refractivity contribution in [2.75, 3.05) is 32.1 Å². The molecule has 0 saturated carbocycles. The molecule has 0 aromatic heterocycles. The first kappa shape index (κ1) is 15.9. The average molecular weight is 283 g/mol. The summed E-state index contributed by atoms with van der Waals surface area (Å²) in [7, 11) is 4.06. The van der Waals surface area contributed by atoms with Crippen molar-refractivity contribution >= 4 is 22.9 Å². The molecule has 0 spiro atoms. The highest BCUT2D eigenvalue weighted by Crippen LogP contribution is 2.21. The summed E-state index contributed by atoms with van der Waals surface area (Å²) in [6.45, 7) is 5.92. The van der Waals surface area contributed by atoms with E-state index in [-0.39, 0.29) is 10.8 Å². The van der Waals surface area contributed by atoms with E-state index in [0.29, 0.717) is 11.6 Å². The minimum absolute atomic E-state index is 0.0911. The van der Waals surface area contributed by atoms with Gasteiger partial charge >= 0.3 is 0 Å². The van der Waals surface area contributed by atoms with Crippen LogP contribution in [0.5, 0.6) is 0 Å². The molecule has 2 N–H and O–H groups in total. The predicted octanol–water partition coefficient (Wildman–Crippen LogP) is 2.24. The standard InChI is InChI=1S/C14H22FN3S/c1-5-18(10(2)9-17(3)4)11-6-7-12(14(16)19)13(15)8-11/h6-8,10H,5,9H2,1-4H3,(H2,16,19). The molecule has 0 saturated heterocycles. The fraction of sp³-hybridized carbons (Fsp3) is 0.500. The Morgan fingerprint density at radius 1 is 1.42 bits per heavy atom. The van der Waals surface area contributed by atoms with Crippen molar-refractivity contribution in [2.24, 2.45) is 5.73 Å². The van der Waals surface area contributed by atoms with E-state index in [1.807, 2.05) is 20.2 Å². The Bertz CT molecular complexity index is 448. The number of benzene rings is 1. The third-order valence-electron chi connectivity index (χ3n) is 3.05. The smallest absolute Gasteiger partial charge is 0.135 e. The number of hydrogen-bond donors (Lipinski definition) is 1. The van der Waals surface area contributed by atoms with Gasteiger partial charge in [0.25, 0.3) is 0 Å². The topological polar surface area (TPSA) is 32.5 Å². The Morgan fingerprint density at radius 2 is 2.05 bits per heavy atom. The fourth-order valence-electron chi connectivity index (χ4n) is 2.26. The molecule has 0 radical (unpaired) electrons. The molecule has 0 bridgehead atoms. The van der Waals surface area contributed by atoms with Crippen LogP contribution in [0.3, 0.4) is 0 Å². The average Bonchev–Trinajstić information content (AvgIpc) is 2.28. The molecule has 0 heterocycles. The van der Waals surface area contributed by atoms with Gasteiger partial charge in [0.2, 0.25) is 0 Å². The number of thiocarbonyl (C=S) groups is 1. The zero-order chi connectivity index (χ0) is 14.6. The Hall–Kier alpha value is -1.20. The van der Waals surface area contributed by atoms with E-state index in [9.17, 15) is 4.39 Å². The van der Waals surface area contributed by atoms with Gasteiger partial charge in [0.05, 0.1) is 0 Å². The zero-order valence-electron chi connectivity index (χ0n) is 12.0. The number of anilines is 1. The molecule has 0 fully saturated rings. The molecule has 106 valence electrons. The van der Waals surface area contributed by atoms with Crippen molar-refractivity contribution in [1.82, 2.24) is 4.90 Å². The van der Waals surface area contributed by atoms with Crippen LogP contribution in [0.4, 0.5) is 10.1 Å². The maximum Gasteiger partial charge on any atom is 0.135 e. The summed E-state index contributed by atoms with van der Waals surface area (Å²) in [4.78, 5) is 4.37. The summed E-state index contributed by atoms with van der Waals surface area (Å²) in [5.74, 6) is -0.361. The van der Waals surface area contributed by atoms with Crippen molar-refractivity contribution in [2.45, 2.75) is 19.9 Å². The summed E-state index contributed by atoms with van der Waals surface area (Å²) < 4.78 is 13.9. The van der Waals surface area contributed by atoms with Crippen LogP contribution < -0.4 is 10.6 Å². The summed E-state index contributed by atoms with van der Waals surface area (Å²) in [5, 5.41) is 0. The molecule has 3 nitrogen and oxygen atoms in total. The summed E-state index contributed by atoms with van der Waals surface area (Å²) in [6.07, 6.45) is 0. The molecule has 0 aliphatic heterocycles. The van der Waals surface area contributed by atoms with Gasteiger partial charge in [-0.3, -0.25) is 0 Å². The molecular weight excluding hydrogens is 261 g/mol. The maximum absolute atomic E-state index is 13.9. The summed E-state index contributed by atoms with van der Waals surface area (Å²) in [5.41, 5.74) is 6.63. The van der Waals surface area contributed by atoms with E-state index in [1.54, 1.807) is 6.07 Å². The maximum atomic E-state index is 13.9. The van der Waals surface area contributed by atoms with Gasteiger partial charge in [-0.15, -0.1) is 0 Å². The molecule has 0 aliphatic rings. The molecule has 1 aromatic rings. The van der Waals surface area contributed by atoms with Crippen LogP contribution in [0.25, 0.3) is 0 Å². The molecule has 1 rings (SSSR count). The highest BCUT2D eigenvalue weighted by atomic mass is 32.1. The van der Waals surface area contributed by atoms with Crippen molar-refractivity contribution in [3.8, 4) is 0 Å². The lowest BCUT2D eigenvalue weighted by Crippen LogP contribution is -2.40. The zero-order valence-corrected chi connectivity index (χ0v) is 12.8. The second kappa shape index (κ2) is 6.82. The van der Waals surface area contributed by atoms with Crippen molar-refractivity contribution in [1.29, 1.82) is 0 Å². The van der Waals surface area contributed by atoms with E-state index in [1.165, 1.54) is 6.07 Å². The third-order valence-corrected chi connectivity index (χ3v) is 3.27. The number of nitrogens with zero attached hydrogens (tertiary/aromatic N) is 2. The van der Waals surface area contributed by atoms with Gasteiger partial charge in [-0.2, -0.15) is 0 Å². The monoisotopic (exact) mass is 283 g/mol. The first-order valence-corrected chi connectivity index (χ1v) is 6.78. The van der Waals surface area contributed by atoms with Gasteiger partial charge in [0.15, 0.2) is 0 Å². The van der Waals surface area contributed by atoms with Gasteiger partial charge in [-0.25, -0.2) is 4.39 Å². The minimum atomic E-state index is -0.361. The fourth-order valence-corrected chi connectivity index (χ4v) is 2.42. The molecule has 19 heavy (non-hydrogen) atoms. The quantitative estimate of drug-likeness (QED) is 0.812. The van der Waals surface area contributed by atoms with Crippen LogP contribution in [-0.4, -0.2) is 43.1 Å². The van der Waals surface area contributed by atoms with E-state index in [2.05, 4.69) is 23.6 Å². The SMILES string of the molecule is CCN(c1ccc(C(N)=S)c(F)c1)C(C)CN(C)C. The van der Waals surface area contributed by atoms with Crippen LogP contribution >= 0.6 is 12.2 Å². The number of nitrogens with two attached hydrogens (primary N) is 1. The lowest BCUT2D eigenvalue weighted by molar-refractivity contribution is 0.373. The van der Waals surface area contributed by atoms with Crippen molar-refractivity contribution in [3.05, 3.63) is 29.6 Å². The number of halogens is 1. The van der Waals surface area contributed by atoms with E-state index in [0.717, 1.165) is 18.8 Å². The Labute approximate surface area is 120 Å². The van der Waals surface area contributed by atoms with E-state index in [4.69, 9.17) is 18.0 Å². The number of hydrogen-bond acceptors (Lipinski definition) is 3. The van der Waals surface area contributed by atoms with Crippen LogP contribution in [-0.2, 0) is 0 Å². The lowest BCUT2D eigenvalue weighted by atomic mass is 10.1. The van der Waals surface area contributed by atoms with Gasteiger partial charge in [-0.05, 0) is 46.1 Å².